The van der Waals surface area contributed by atoms with Crippen molar-refractivity contribution < 1.29 is 14.3 Å². The number of nitrogens with zero attached hydrogens (tertiary/aromatic N) is 2. The van der Waals surface area contributed by atoms with E-state index in [2.05, 4.69) is 18.7 Å². The Kier molecular flexibility index (Phi) is 5.61. The lowest BCUT2D eigenvalue weighted by molar-refractivity contribution is -0.120. The number of methoxy groups -OCH3 is 1. The number of anilines is 1. The molecule has 2 aliphatic heterocycles. The zero-order valence-electron chi connectivity index (χ0n) is 18.9. The van der Waals surface area contributed by atoms with Gasteiger partial charge in [-0.15, -0.1) is 0 Å². The van der Waals surface area contributed by atoms with E-state index in [1.54, 1.807) is 19.2 Å². The van der Waals surface area contributed by atoms with Crippen LogP contribution in [0.4, 0.5) is 5.69 Å². The number of piperidine rings is 1. The van der Waals surface area contributed by atoms with Crippen molar-refractivity contribution in [3.63, 3.8) is 0 Å². The summed E-state index contributed by atoms with van der Waals surface area (Å²) in [5.41, 5.74) is 4.53. The molecule has 2 amide bonds. The van der Waals surface area contributed by atoms with E-state index in [0.29, 0.717) is 34.5 Å². The van der Waals surface area contributed by atoms with Crippen molar-refractivity contribution in [1.82, 2.24) is 4.90 Å². The van der Waals surface area contributed by atoms with Crippen LogP contribution in [0.25, 0.3) is 5.57 Å². The Morgan fingerprint density at radius 2 is 1.58 bits per heavy atom. The SMILES string of the molecule is COc1ccccc1N1C(=O)C(c2ccc(C)c(C)c2)=C(N2CC(C)CC(C)C2)C1=O. The number of para-hydroxylation sites is 2. The van der Waals surface area contributed by atoms with Crippen molar-refractivity contribution in [1.29, 1.82) is 0 Å². The van der Waals surface area contributed by atoms with Crippen LogP contribution in [-0.2, 0) is 9.59 Å². The highest BCUT2D eigenvalue weighted by molar-refractivity contribution is 6.45. The highest BCUT2D eigenvalue weighted by Gasteiger charge is 2.44. The van der Waals surface area contributed by atoms with Crippen molar-refractivity contribution in [2.24, 2.45) is 11.8 Å². The van der Waals surface area contributed by atoms with Crippen molar-refractivity contribution in [3.8, 4) is 5.75 Å². The van der Waals surface area contributed by atoms with Gasteiger partial charge in [-0.3, -0.25) is 9.59 Å². The maximum absolute atomic E-state index is 13.8. The van der Waals surface area contributed by atoms with Gasteiger partial charge in [0.15, 0.2) is 0 Å². The van der Waals surface area contributed by atoms with E-state index < -0.39 is 0 Å². The fourth-order valence-electron chi connectivity index (χ4n) is 4.85. The van der Waals surface area contributed by atoms with Crippen LogP contribution in [0.2, 0.25) is 0 Å². The molecule has 0 radical (unpaired) electrons. The van der Waals surface area contributed by atoms with Crippen LogP contribution in [0, 0.1) is 25.7 Å². The van der Waals surface area contributed by atoms with Crippen molar-refractivity contribution in [3.05, 3.63) is 64.9 Å². The maximum atomic E-state index is 13.8. The van der Waals surface area contributed by atoms with Crippen LogP contribution in [0.15, 0.2) is 48.2 Å². The lowest BCUT2D eigenvalue weighted by Crippen LogP contribution is -2.42. The van der Waals surface area contributed by atoms with Gasteiger partial charge in [-0.2, -0.15) is 0 Å². The molecule has 1 saturated heterocycles. The Morgan fingerprint density at radius 3 is 2.23 bits per heavy atom. The summed E-state index contributed by atoms with van der Waals surface area (Å²) in [7, 11) is 1.55. The number of benzene rings is 2. The summed E-state index contributed by atoms with van der Waals surface area (Å²) in [5.74, 6) is 0.855. The third-order valence-electron chi connectivity index (χ3n) is 6.37. The first-order valence-electron chi connectivity index (χ1n) is 10.9. The number of carbonyl (C=O) groups is 2. The third-order valence-corrected chi connectivity index (χ3v) is 6.37. The van der Waals surface area contributed by atoms with E-state index in [9.17, 15) is 9.59 Å². The van der Waals surface area contributed by atoms with Gasteiger partial charge in [-0.25, -0.2) is 4.90 Å². The topological polar surface area (TPSA) is 49.9 Å². The number of rotatable bonds is 4. The number of aryl methyl sites for hydroxylation is 2. The van der Waals surface area contributed by atoms with Crippen LogP contribution in [0.1, 0.15) is 37.0 Å². The van der Waals surface area contributed by atoms with Gasteiger partial charge >= 0.3 is 0 Å². The second kappa shape index (κ2) is 8.22. The van der Waals surface area contributed by atoms with E-state index in [0.717, 1.165) is 36.2 Å². The first kappa shape index (κ1) is 21.2. The van der Waals surface area contributed by atoms with Gasteiger partial charge < -0.3 is 9.64 Å². The average molecular weight is 419 g/mol. The van der Waals surface area contributed by atoms with Crippen LogP contribution >= 0.6 is 0 Å². The number of likely N-dealkylation sites (tertiary alicyclic amines) is 1. The van der Waals surface area contributed by atoms with Gasteiger partial charge in [-0.05, 0) is 60.9 Å². The quantitative estimate of drug-likeness (QED) is 0.683. The molecule has 2 atom stereocenters. The minimum Gasteiger partial charge on any atom is -0.495 e. The normalized spacial score (nSPS) is 21.8. The molecule has 31 heavy (non-hydrogen) atoms. The molecule has 0 N–H and O–H groups in total. The zero-order chi connectivity index (χ0) is 22.3. The second-order valence-corrected chi connectivity index (χ2v) is 8.99. The fourth-order valence-corrected chi connectivity index (χ4v) is 4.85. The summed E-state index contributed by atoms with van der Waals surface area (Å²) in [6.45, 7) is 10.0. The van der Waals surface area contributed by atoms with Crippen molar-refractivity contribution in [2.45, 2.75) is 34.1 Å². The van der Waals surface area contributed by atoms with Crippen LogP contribution in [0.3, 0.4) is 0 Å². The van der Waals surface area contributed by atoms with Gasteiger partial charge in [0.25, 0.3) is 11.8 Å². The molecule has 0 spiro atoms. The Morgan fingerprint density at radius 1 is 0.903 bits per heavy atom. The Labute approximate surface area is 184 Å². The minimum atomic E-state index is -0.293. The van der Waals surface area contributed by atoms with Crippen LogP contribution < -0.4 is 9.64 Å². The van der Waals surface area contributed by atoms with Crippen molar-refractivity contribution in [2.75, 3.05) is 25.1 Å². The van der Waals surface area contributed by atoms with Crippen LogP contribution in [0.5, 0.6) is 5.75 Å². The largest absolute Gasteiger partial charge is 0.495 e. The van der Waals surface area contributed by atoms with Crippen LogP contribution in [-0.4, -0.2) is 36.9 Å². The molecular weight excluding hydrogens is 388 g/mol. The van der Waals surface area contributed by atoms with Crippen molar-refractivity contribution >= 4 is 23.1 Å². The molecule has 2 heterocycles. The number of amides is 2. The van der Waals surface area contributed by atoms with E-state index in [1.165, 1.54) is 4.90 Å². The molecule has 162 valence electrons. The number of imide groups is 1. The Bertz CT molecular complexity index is 1060. The number of ether oxygens (including phenoxy) is 1. The molecule has 4 rings (SSSR count). The molecule has 0 saturated carbocycles. The molecular formula is C26H30N2O3. The summed E-state index contributed by atoms with van der Waals surface area (Å²) in [5, 5.41) is 0. The first-order chi connectivity index (χ1) is 14.8. The minimum absolute atomic E-state index is 0.274. The molecule has 5 heteroatoms. The summed E-state index contributed by atoms with van der Waals surface area (Å²) >= 11 is 0. The molecule has 1 fully saturated rings. The monoisotopic (exact) mass is 418 g/mol. The number of hydrogen-bond acceptors (Lipinski definition) is 4. The molecule has 2 aliphatic rings. The standard InChI is InChI=1S/C26H30N2O3/c1-16-12-17(2)15-27(14-16)24-23(20-11-10-18(3)19(4)13-20)25(29)28(26(24)30)21-8-6-7-9-22(21)31-5/h6-11,13,16-17H,12,14-15H2,1-5H3. The first-order valence-corrected chi connectivity index (χ1v) is 10.9. The van der Waals surface area contributed by atoms with E-state index >= 15 is 0 Å². The molecule has 0 aromatic heterocycles. The van der Waals surface area contributed by atoms with Gasteiger partial charge in [0.1, 0.15) is 11.4 Å². The molecule has 0 bridgehead atoms. The lowest BCUT2D eigenvalue weighted by Gasteiger charge is -2.37. The highest BCUT2D eigenvalue weighted by atomic mass is 16.5. The van der Waals surface area contributed by atoms with E-state index in [-0.39, 0.29) is 11.8 Å². The molecule has 2 unspecified atom stereocenters. The predicted octanol–water partition coefficient (Wildman–Crippen LogP) is 4.57. The summed E-state index contributed by atoms with van der Waals surface area (Å²) in [6.07, 6.45) is 1.13. The Hall–Kier alpha value is -3.08. The molecule has 2 aromatic rings. The summed E-state index contributed by atoms with van der Waals surface area (Å²) in [4.78, 5) is 30.9. The van der Waals surface area contributed by atoms with E-state index in [4.69, 9.17) is 4.74 Å². The lowest BCUT2D eigenvalue weighted by atomic mass is 9.90. The highest BCUT2D eigenvalue weighted by Crippen LogP contribution is 2.40. The van der Waals surface area contributed by atoms with Gasteiger partial charge in [0, 0.05) is 13.1 Å². The summed E-state index contributed by atoms with van der Waals surface area (Å²) < 4.78 is 5.47. The zero-order valence-corrected chi connectivity index (χ0v) is 18.9. The van der Waals surface area contributed by atoms with Gasteiger partial charge in [-0.1, -0.05) is 44.2 Å². The Balaban J connectivity index is 1.88. The molecule has 5 nitrogen and oxygen atoms in total. The number of hydrogen-bond donors (Lipinski definition) is 0. The summed E-state index contributed by atoms with van der Waals surface area (Å²) in [6, 6.07) is 13.2. The van der Waals surface area contributed by atoms with Gasteiger partial charge in [0.2, 0.25) is 0 Å². The predicted molar refractivity (Wildman–Crippen MR) is 123 cm³/mol. The maximum Gasteiger partial charge on any atom is 0.282 e. The van der Waals surface area contributed by atoms with E-state index in [1.807, 2.05) is 44.2 Å². The smallest absolute Gasteiger partial charge is 0.282 e. The number of carbonyl (C=O) groups excluding carboxylic acids is 2. The second-order valence-electron chi connectivity index (χ2n) is 8.99. The molecule has 2 aromatic carbocycles. The third kappa shape index (κ3) is 3.73. The fraction of sp³-hybridized carbons (Fsp3) is 0.385. The molecule has 0 aliphatic carbocycles. The van der Waals surface area contributed by atoms with Gasteiger partial charge in [0.05, 0.1) is 18.4 Å². The average Bonchev–Trinajstić information content (AvgIpc) is 2.99.